The van der Waals surface area contributed by atoms with Crippen molar-refractivity contribution in [2.75, 3.05) is 0 Å². The first-order chi connectivity index (χ1) is 13.7. The zero-order valence-electron chi connectivity index (χ0n) is 16.8. The molecule has 0 radical (unpaired) electrons. The highest BCUT2D eigenvalue weighted by atomic mass is 14.9. The average molecular weight is 368 g/mol. The van der Waals surface area contributed by atoms with Gasteiger partial charge in [-0.3, -0.25) is 4.98 Å². The van der Waals surface area contributed by atoms with Crippen LogP contribution in [0.5, 0.6) is 0 Å². The summed E-state index contributed by atoms with van der Waals surface area (Å²) < 4.78 is 2.32. The minimum absolute atomic E-state index is 0.714. The molecule has 4 aliphatic rings. The maximum absolute atomic E-state index is 4.88. The van der Waals surface area contributed by atoms with Crippen LogP contribution in [0.15, 0.2) is 42.7 Å². The molecule has 1 saturated carbocycles. The van der Waals surface area contributed by atoms with Crippen LogP contribution in [-0.2, 0) is 19.9 Å². The summed E-state index contributed by atoms with van der Waals surface area (Å²) in [7, 11) is 2.20. The zero-order chi connectivity index (χ0) is 18.8. The van der Waals surface area contributed by atoms with Gasteiger partial charge in [0.05, 0.1) is 5.56 Å². The average Bonchev–Trinajstić information content (AvgIpc) is 3.09. The van der Waals surface area contributed by atoms with E-state index in [1.54, 1.807) is 0 Å². The number of hydrogen-bond donors (Lipinski definition) is 0. The number of nitrogens with zero attached hydrogens (tertiary/aromatic N) is 2. The first kappa shape index (κ1) is 16.5. The van der Waals surface area contributed by atoms with E-state index in [0.29, 0.717) is 5.92 Å². The molecule has 28 heavy (non-hydrogen) atoms. The number of aryl methyl sites for hydroxylation is 2. The van der Waals surface area contributed by atoms with Crippen molar-refractivity contribution in [1.82, 2.24) is 4.98 Å². The Morgan fingerprint density at radius 1 is 0.964 bits per heavy atom. The van der Waals surface area contributed by atoms with E-state index in [2.05, 4.69) is 55.1 Å². The summed E-state index contributed by atoms with van der Waals surface area (Å²) in [5.41, 5.74) is 12.9. The molecule has 7 rings (SSSR count). The molecular formula is C26H27N2+. The second kappa shape index (κ2) is 6.01. The molecule has 0 atom stereocenters. The smallest absolute Gasteiger partial charge is 0.213 e. The van der Waals surface area contributed by atoms with E-state index in [9.17, 15) is 0 Å². The van der Waals surface area contributed by atoms with Crippen LogP contribution in [0.2, 0.25) is 0 Å². The summed E-state index contributed by atoms with van der Waals surface area (Å²) in [5.74, 6) is 1.51. The Kier molecular flexibility index (Phi) is 3.53. The van der Waals surface area contributed by atoms with Crippen LogP contribution < -0.4 is 4.57 Å². The van der Waals surface area contributed by atoms with E-state index in [1.165, 1.54) is 76.0 Å². The van der Waals surface area contributed by atoms with Crippen molar-refractivity contribution in [2.45, 2.75) is 51.4 Å². The van der Waals surface area contributed by atoms with Gasteiger partial charge in [-0.05, 0) is 90.3 Å². The van der Waals surface area contributed by atoms with Gasteiger partial charge in [-0.1, -0.05) is 12.1 Å². The molecule has 1 aromatic carbocycles. The molecule has 0 amide bonds. The predicted molar refractivity (Wildman–Crippen MR) is 112 cm³/mol. The summed E-state index contributed by atoms with van der Waals surface area (Å²) in [6.07, 6.45) is 11.8. The third kappa shape index (κ3) is 2.33. The SMILES string of the molecule is Cc1ccc2c3c1-c1cc(cc[n+]1C)C1CCC(CC1)Cc1nccc-2c1C3. The first-order valence-corrected chi connectivity index (χ1v) is 10.8. The predicted octanol–water partition coefficient (Wildman–Crippen LogP) is 5.28. The summed E-state index contributed by atoms with van der Waals surface area (Å²) in [6.45, 7) is 2.27. The summed E-state index contributed by atoms with van der Waals surface area (Å²) in [4.78, 5) is 4.88. The van der Waals surface area contributed by atoms with Gasteiger partial charge in [0.1, 0.15) is 7.05 Å². The standard InChI is InChI=1S/C26H27N2/c1-16-3-8-20-21-9-11-27-24-13-17-4-6-18(7-5-17)19-10-12-28(2)25(14-19)26(16)23(20)15-22(21)24/h3,8-12,14,17-18H,4-7,13,15H2,1-2H3/q+1. The van der Waals surface area contributed by atoms with Crippen LogP contribution in [0.4, 0.5) is 0 Å². The fraction of sp³-hybridized carbons (Fsp3) is 0.385. The number of hydrogen-bond acceptors (Lipinski definition) is 1. The Hall–Kier alpha value is -2.48. The van der Waals surface area contributed by atoms with Gasteiger partial charge in [0.2, 0.25) is 5.69 Å². The number of aromatic nitrogens is 2. The van der Waals surface area contributed by atoms with Crippen LogP contribution in [0.3, 0.4) is 0 Å². The van der Waals surface area contributed by atoms with E-state index in [0.717, 1.165) is 18.8 Å². The van der Waals surface area contributed by atoms with Crippen LogP contribution in [-0.4, -0.2) is 4.98 Å². The van der Waals surface area contributed by atoms with Crippen molar-refractivity contribution in [3.63, 3.8) is 0 Å². The van der Waals surface area contributed by atoms with Crippen molar-refractivity contribution in [1.29, 1.82) is 0 Å². The molecule has 0 saturated heterocycles. The molecule has 0 unspecified atom stereocenters. The Balaban J connectivity index is 1.67. The largest absolute Gasteiger partial charge is 0.261 e. The Morgan fingerprint density at radius 3 is 2.64 bits per heavy atom. The van der Waals surface area contributed by atoms with Crippen LogP contribution in [0.1, 0.15) is 59.5 Å². The highest BCUT2D eigenvalue weighted by molar-refractivity contribution is 5.85. The highest BCUT2D eigenvalue weighted by Crippen LogP contribution is 2.45. The third-order valence-corrected chi connectivity index (χ3v) is 7.54. The van der Waals surface area contributed by atoms with Gasteiger partial charge in [0.25, 0.3) is 0 Å². The van der Waals surface area contributed by atoms with Gasteiger partial charge in [-0.25, -0.2) is 4.57 Å². The topological polar surface area (TPSA) is 16.8 Å². The van der Waals surface area contributed by atoms with Crippen molar-refractivity contribution in [2.24, 2.45) is 13.0 Å². The number of pyridine rings is 2. The minimum Gasteiger partial charge on any atom is -0.261 e. The van der Waals surface area contributed by atoms with Crippen LogP contribution >= 0.6 is 0 Å². The van der Waals surface area contributed by atoms with Crippen molar-refractivity contribution >= 4 is 0 Å². The number of rotatable bonds is 0. The van der Waals surface area contributed by atoms with Gasteiger partial charge in [-0.2, -0.15) is 0 Å². The summed E-state index contributed by atoms with van der Waals surface area (Å²) in [6, 6.07) is 11.7. The van der Waals surface area contributed by atoms with Crippen molar-refractivity contribution in [3.8, 4) is 22.4 Å². The normalized spacial score (nSPS) is 21.8. The van der Waals surface area contributed by atoms with Gasteiger partial charge >= 0.3 is 0 Å². The van der Waals surface area contributed by atoms with Gasteiger partial charge in [0, 0.05) is 30.4 Å². The summed E-state index contributed by atoms with van der Waals surface area (Å²) >= 11 is 0. The van der Waals surface area contributed by atoms with Gasteiger partial charge in [-0.15, -0.1) is 0 Å². The molecule has 1 fully saturated rings. The lowest BCUT2D eigenvalue weighted by Gasteiger charge is -2.29. The highest BCUT2D eigenvalue weighted by Gasteiger charge is 2.31. The molecule has 4 aliphatic carbocycles. The maximum atomic E-state index is 4.88. The Labute approximate surface area is 167 Å². The van der Waals surface area contributed by atoms with Crippen molar-refractivity contribution in [3.05, 3.63) is 70.7 Å². The molecule has 6 bridgehead atoms. The van der Waals surface area contributed by atoms with E-state index >= 15 is 0 Å². The molecule has 2 nitrogen and oxygen atoms in total. The maximum Gasteiger partial charge on any atom is 0.213 e. The zero-order valence-corrected chi connectivity index (χ0v) is 16.8. The van der Waals surface area contributed by atoms with Gasteiger partial charge < -0.3 is 0 Å². The molecular weight excluding hydrogens is 340 g/mol. The third-order valence-electron chi connectivity index (χ3n) is 7.54. The van der Waals surface area contributed by atoms with E-state index in [-0.39, 0.29) is 0 Å². The van der Waals surface area contributed by atoms with Crippen LogP contribution in [0, 0.1) is 12.8 Å². The van der Waals surface area contributed by atoms with Gasteiger partial charge in [0.15, 0.2) is 6.20 Å². The molecule has 0 spiro atoms. The molecule has 0 N–H and O–H groups in total. The van der Waals surface area contributed by atoms with E-state index in [4.69, 9.17) is 4.98 Å². The minimum atomic E-state index is 0.714. The molecule has 2 heterocycles. The molecule has 2 aromatic heterocycles. The second-order valence-electron chi connectivity index (χ2n) is 9.12. The lowest BCUT2D eigenvalue weighted by Crippen LogP contribution is -2.31. The van der Waals surface area contributed by atoms with E-state index < -0.39 is 0 Å². The fourth-order valence-corrected chi connectivity index (χ4v) is 5.96. The van der Waals surface area contributed by atoms with E-state index in [1.807, 2.05) is 6.20 Å². The quantitative estimate of drug-likeness (QED) is 0.386. The van der Waals surface area contributed by atoms with Crippen LogP contribution in [0.25, 0.3) is 22.4 Å². The number of benzene rings is 1. The van der Waals surface area contributed by atoms with Crippen molar-refractivity contribution < 1.29 is 4.57 Å². The monoisotopic (exact) mass is 367 g/mol. The molecule has 0 aliphatic heterocycles. The number of fused-ring (bicyclic) bond motifs is 3. The fourth-order valence-electron chi connectivity index (χ4n) is 5.96. The molecule has 2 heteroatoms. The molecule has 3 aromatic rings. The Morgan fingerprint density at radius 2 is 1.79 bits per heavy atom. The Bertz CT molecular complexity index is 1100. The second-order valence-corrected chi connectivity index (χ2v) is 9.12. The molecule has 140 valence electrons. The lowest BCUT2D eigenvalue weighted by molar-refractivity contribution is -0.660. The summed E-state index contributed by atoms with van der Waals surface area (Å²) in [5, 5.41) is 0. The first-order valence-electron chi connectivity index (χ1n) is 10.8. The lowest BCUT2D eigenvalue weighted by atomic mass is 9.76.